The molecule has 0 aliphatic heterocycles. The van der Waals surface area contributed by atoms with Crippen LogP contribution in [-0.2, 0) is 32.5 Å². The SMILES string of the molecule is CCC(=O)OCCc1cnc(NS(=O)(=O)CC=Cc2cccc(Cl)c2CN)s1. The summed E-state index contributed by atoms with van der Waals surface area (Å²) in [5, 5.41) is 0.821. The number of nitrogens with zero attached hydrogens (tertiary/aromatic N) is 1. The first-order chi connectivity index (χ1) is 13.3. The number of rotatable bonds is 10. The minimum Gasteiger partial charge on any atom is -0.465 e. The van der Waals surface area contributed by atoms with Gasteiger partial charge < -0.3 is 10.5 Å². The van der Waals surface area contributed by atoms with Crippen LogP contribution in [0, 0.1) is 0 Å². The van der Waals surface area contributed by atoms with E-state index in [1.807, 2.05) is 6.07 Å². The van der Waals surface area contributed by atoms with Gasteiger partial charge in [0, 0.05) is 35.5 Å². The molecule has 1 aromatic heterocycles. The number of sulfonamides is 1. The van der Waals surface area contributed by atoms with Crippen molar-refractivity contribution < 1.29 is 17.9 Å². The average molecular weight is 444 g/mol. The number of ether oxygens (including phenoxy) is 1. The Hall–Kier alpha value is -1.94. The van der Waals surface area contributed by atoms with Crippen LogP contribution in [0.2, 0.25) is 5.02 Å². The Bertz CT molecular complexity index is 942. The van der Waals surface area contributed by atoms with Crippen LogP contribution in [0.3, 0.4) is 0 Å². The first kappa shape index (κ1) is 22.4. The Morgan fingerprint density at radius 2 is 2.21 bits per heavy atom. The summed E-state index contributed by atoms with van der Waals surface area (Å²) in [6.45, 7) is 2.23. The lowest BCUT2D eigenvalue weighted by molar-refractivity contribution is -0.143. The van der Waals surface area contributed by atoms with Gasteiger partial charge in [-0.05, 0) is 17.2 Å². The van der Waals surface area contributed by atoms with Gasteiger partial charge in [-0.2, -0.15) is 0 Å². The van der Waals surface area contributed by atoms with Gasteiger partial charge in [-0.25, -0.2) is 13.4 Å². The highest BCUT2D eigenvalue weighted by atomic mass is 35.5. The summed E-state index contributed by atoms with van der Waals surface area (Å²) in [5.41, 5.74) is 7.23. The molecule has 0 saturated heterocycles. The first-order valence-electron chi connectivity index (χ1n) is 8.59. The molecule has 152 valence electrons. The molecule has 0 saturated carbocycles. The Labute approximate surface area is 173 Å². The number of anilines is 1. The van der Waals surface area contributed by atoms with E-state index in [1.165, 1.54) is 17.4 Å². The van der Waals surface area contributed by atoms with Crippen molar-refractivity contribution in [2.45, 2.75) is 26.3 Å². The number of esters is 1. The van der Waals surface area contributed by atoms with Crippen LogP contribution in [0.15, 0.2) is 30.5 Å². The summed E-state index contributed by atoms with van der Waals surface area (Å²) in [5.74, 6) is -0.484. The topological polar surface area (TPSA) is 111 Å². The molecule has 0 aliphatic carbocycles. The number of carbonyl (C=O) groups excluding carboxylic acids is 1. The van der Waals surface area contributed by atoms with Crippen molar-refractivity contribution in [1.82, 2.24) is 4.98 Å². The van der Waals surface area contributed by atoms with Gasteiger partial charge in [-0.3, -0.25) is 9.52 Å². The molecule has 0 unspecified atom stereocenters. The lowest BCUT2D eigenvalue weighted by atomic mass is 10.1. The van der Waals surface area contributed by atoms with Crippen molar-refractivity contribution in [2.24, 2.45) is 5.73 Å². The molecule has 2 aromatic rings. The third-order valence-corrected chi connectivity index (χ3v) is 6.26. The molecule has 0 spiro atoms. The summed E-state index contributed by atoms with van der Waals surface area (Å²) in [6.07, 6.45) is 5.59. The second-order valence-corrected chi connectivity index (χ2v) is 9.04. The van der Waals surface area contributed by atoms with Crippen LogP contribution in [-0.4, -0.2) is 31.7 Å². The van der Waals surface area contributed by atoms with Gasteiger partial charge in [-0.1, -0.05) is 42.8 Å². The summed E-state index contributed by atoms with van der Waals surface area (Å²) in [4.78, 5) is 16.0. The molecular weight excluding hydrogens is 422 g/mol. The number of carbonyl (C=O) groups is 1. The predicted molar refractivity (Wildman–Crippen MR) is 113 cm³/mol. The lowest BCUT2D eigenvalue weighted by Gasteiger charge is -2.06. The minimum absolute atomic E-state index is 0.216. The van der Waals surface area contributed by atoms with Crippen LogP contribution >= 0.6 is 22.9 Å². The fraction of sp³-hybridized carbons (Fsp3) is 0.333. The molecule has 1 aromatic carbocycles. The largest absolute Gasteiger partial charge is 0.465 e. The lowest BCUT2D eigenvalue weighted by Crippen LogP contribution is -2.15. The maximum absolute atomic E-state index is 12.2. The average Bonchev–Trinajstić information content (AvgIpc) is 3.08. The van der Waals surface area contributed by atoms with Crippen molar-refractivity contribution in [3.05, 3.63) is 51.5 Å². The quantitative estimate of drug-likeness (QED) is 0.545. The maximum atomic E-state index is 12.2. The van der Waals surface area contributed by atoms with E-state index in [9.17, 15) is 13.2 Å². The highest BCUT2D eigenvalue weighted by Crippen LogP contribution is 2.22. The molecule has 3 N–H and O–H groups in total. The Balaban J connectivity index is 1.92. The number of halogens is 1. The van der Waals surface area contributed by atoms with Crippen LogP contribution in [0.5, 0.6) is 0 Å². The second kappa shape index (κ2) is 10.6. The van der Waals surface area contributed by atoms with E-state index in [0.29, 0.717) is 17.9 Å². The number of nitrogens with one attached hydrogen (secondary N) is 1. The van der Waals surface area contributed by atoms with Crippen LogP contribution in [0.4, 0.5) is 5.13 Å². The summed E-state index contributed by atoms with van der Waals surface area (Å²) >= 11 is 7.30. The fourth-order valence-corrected chi connectivity index (χ4v) is 4.46. The molecule has 0 radical (unpaired) electrons. The second-order valence-electron chi connectivity index (χ2n) is 5.75. The Morgan fingerprint density at radius 3 is 2.93 bits per heavy atom. The van der Waals surface area contributed by atoms with Crippen molar-refractivity contribution >= 4 is 50.1 Å². The summed E-state index contributed by atoms with van der Waals surface area (Å²) in [7, 11) is -3.60. The molecule has 0 amide bonds. The Kier molecular flexibility index (Phi) is 8.43. The molecule has 2 rings (SSSR count). The van der Waals surface area contributed by atoms with Gasteiger partial charge in [0.2, 0.25) is 10.0 Å². The molecule has 0 aliphatic rings. The molecular formula is C18H22ClN3O4S2. The highest BCUT2D eigenvalue weighted by Gasteiger charge is 2.12. The number of hydrogen-bond donors (Lipinski definition) is 2. The zero-order valence-electron chi connectivity index (χ0n) is 15.4. The number of aromatic nitrogens is 1. The van der Waals surface area contributed by atoms with Gasteiger partial charge in [0.25, 0.3) is 0 Å². The van der Waals surface area contributed by atoms with Gasteiger partial charge in [0.1, 0.15) is 0 Å². The van der Waals surface area contributed by atoms with Crippen LogP contribution < -0.4 is 10.5 Å². The number of hydrogen-bond acceptors (Lipinski definition) is 7. The monoisotopic (exact) mass is 443 g/mol. The summed E-state index contributed by atoms with van der Waals surface area (Å²) < 4.78 is 31.9. The predicted octanol–water partition coefficient (Wildman–Crippen LogP) is 3.21. The van der Waals surface area contributed by atoms with Crippen molar-refractivity contribution in [2.75, 3.05) is 17.1 Å². The normalized spacial score (nSPS) is 11.7. The van der Waals surface area contributed by atoms with E-state index in [2.05, 4.69) is 9.71 Å². The van der Waals surface area contributed by atoms with E-state index < -0.39 is 10.0 Å². The van der Waals surface area contributed by atoms with Gasteiger partial charge in [0.15, 0.2) is 5.13 Å². The molecule has 7 nitrogen and oxygen atoms in total. The van der Waals surface area contributed by atoms with E-state index in [4.69, 9.17) is 22.1 Å². The standard InChI is InChI=1S/C18H22ClN3O4S2/c1-2-17(23)26-9-8-14-12-21-18(27-14)22-28(24,25)10-4-6-13-5-3-7-16(19)15(13)11-20/h3-7,12H,2,8-11,20H2,1H3,(H,21,22). The minimum atomic E-state index is -3.60. The summed E-state index contributed by atoms with van der Waals surface area (Å²) in [6, 6.07) is 5.34. The zero-order valence-corrected chi connectivity index (χ0v) is 17.7. The van der Waals surface area contributed by atoms with Gasteiger partial charge in [-0.15, -0.1) is 11.3 Å². The molecule has 10 heteroatoms. The number of nitrogens with two attached hydrogens (primary N) is 1. The van der Waals surface area contributed by atoms with Crippen molar-refractivity contribution in [3.63, 3.8) is 0 Å². The van der Waals surface area contributed by atoms with E-state index in [-0.39, 0.29) is 30.0 Å². The molecule has 0 bridgehead atoms. The third kappa shape index (κ3) is 6.90. The molecule has 0 fully saturated rings. The van der Waals surface area contributed by atoms with Gasteiger partial charge in [0.05, 0.1) is 12.4 Å². The highest BCUT2D eigenvalue weighted by molar-refractivity contribution is 7.93. The van der Waals surface area contributed by atoms with Gasteiger partial charge >= 0.3 is 5.97 Å². The van der Waals surface area contributed by atoms with E-state index in [1.54, 1.807) is 31.3 Å². The first-order valence-corrected chi connectivity index (χ1v) is 11.4. The Morgan fingerprint density at radius 1 is 1.43 bits per heavy atom. The van der Waals surface area contributed by atoms with Crippen LogP contribution in [0.25, 0.3) is 6.08 Å². The van der Waals surface area contributed by atoms with E-state index in [0.717, 1.165) is 16.0 Å². The van der Waals surface area contributed by atoms with Crippen LogP contribution in [0.1, 0.15) is 29.3 Å². The van der Waals surface area contributed by atoms with Crippen molar-refractivity contribution in [3.8, 4) is 0 Å². The zero-order chi connectivity index (χ0) is 20.6. The molecule has 1 heterocycles. The third-order valence-electron chi connectivity index (χ3n) is 3.67. The number of thiazole rings is 1. The fourth-order valence-electron chi connectivity index (χ4n) is 2.26. The maximum Gasteiger partial charge on any atom is 0.305 e. The number of benzene rings is 1. The van der Waals surface area contributed by atoms with E-state index >= 15 is 0 Å². The molecule has 0 atom stereocenters. The molecule has 28 heavy (non-hydrogen) atoms. The smallest absolute Gasteiger partial charge is 0.305 e. The van der Waals surface area contributed by atoms with Crippen molar-refractivity contribution in [1.29, 1.82) is 0 Å².